The summed E-state index contributed by atoms with van der Waals surface area (Å²) in [6.45, 7) is 13.5. The lowest BCUT2D eigenvalue weighted by atomic mass is 9.68. The standard InChI is InChI=1S/C30H39N3O3.C23H33N3O2.C7H9BO3.ClH/c1-3-36-29(34)33-24-11-12-25(33)18-26(17-24)31-15-13-30(14-16-31)21-32(20-22-7-4-5-10-28(22)30)23-8-6-9-27(19-23)35-2;1-2-28-22(27)26-18-7-8-19(26)14-20(13-18)25-11-9-23(10-12-25)16-24-15-17-5-3-4-6-21(17)23;1-11-7-4-2-3-6(5-7)8(9)10;/h4-10,19,24-26H,3,11-18,20-21H2,1-2H3;3-6,18-20,24H,2,7-16H2,1H3;2-5,9-10H,1H3;1H. The smallest absolute Gasteiger partial charge is 0.488 e. The highest BCUT2D eigenvalue weighted by atomic mass is 35.5. The van der Waals surface area contributed by atoms with Gasteiger partial charge in [0.15, 0.2) is 0 Å². The molecule has 8 aliphatic heterocycles. The molecule has 8 heterocycles. The van der Waals surface area contributed by atoms with Crippen LogP contribution in [0.15, 0.2) is 97.1 Å². The number of nitrogens with zero attached hydrogens (tertiary/aromatic N) is 5. The third kappa shape index (κ3) is 11.7. The third-order valence-electron chi connectivity index (χ3n) is 18.5. The summed E-state index contributed by atoms with van der Waals surface area (Å²) in [6, 6.07) is 36.0. The van der Waals surface area contributed by atoms with Crippen molar-refractivity contribution in [2.75, 3.05) is 71.6 Å². The summed E-state index contributed by atoms with van der Waals surface area (Å²) in [5, 5.41) is 21.2. The number of hydrogen-bond acceptors (Lipinski definition) is 12. The third-order valence-corrected chi connectivity index (χ3v) is 18.5. The highest BCUT2D eigenvalue weighted by Crippen LogP contribution is 2.47. The van der Waals surface area contributed by atoms with Crippen molar-refractivity contribution in [3.63, 3.8) is 0 Å². The molecule has 2 spiro atoms. The average Bonchev–Trinajstić information content (AvgIpc) is 3.89. The topological polar surface area (TPSA) is 140 Å². The van der Waals surface area contributed by atoms with E-state index in [1.54, 1.807) is 42.5 Å². The quantitative estimate of drug-likeness (QED) is 0.147. The van der Waals surface area contributed by atoms with Crippen LogP contribution in [0.25, 0.3) is 0 Å². The van der Waals surface area contributed by atoms with Gasteiger partial charge in [-0.25, -0.2) is 9.59 Å². The molecule has 8 aliphatic rings. The molecule has 76 heavy (non-hydrogen) atoms. The molecule has 0 radical (unpaired) electrons. The molecule has 6 saturated heterocycles. The predicted molar refractivity (Wildman–Crippen MR) is 301 cm³/mol. The van der Waals surface area contributed by atoms with Crippen molar-refractivity contribution >= 4 is 42.9 Å². The molecule has 12 rings (SSSR count). The van der Waals surface area contributed by atoms with Crippen LogP contribution in [0.5, 0.6) is 11.5 Å². The Morgan fingerprint density at radius 2 is 1.08 bits per heavy atom. The number of benzene rings is 4. The van der Waals surface area contributed by atoms with Crippen LogP contribution >= 0.6 is 12.4 Å². The van der Waals surface area contributed by atoms with Crippen molar-refractivity contribution in [2.45, 2.75) is 151 Å². The zero-order chi connectivity index (χ0) is 52.1. The fraction of sp³-hybridized carbons (Fsp3) is 0.567. The highest BCUT2D eigenvalue weighted by molar-refractivity contribution is 6.58. The number of nitrogens with one attached hydrogen (secondary N) is 1. The van der Waals surface area contributed by atoms with Gasteiger partial charge in [-0.15, -0.1) is 12.4 Å². The van der Waals surface area contributed by atoms with E-state index in [4.69, 9.17) is 29.0 Å². The second kappa shape index (κ2) is 24.8. The summed E-state index contributed by atoms with van der Waals surface area (Å²) in [4.78, 5) is 37.0. The molecule has 4 aromatic carbocycles. The van der Waals surface area contributed by atoms with Crippen molar-refractivity contribution in [3.8, 4) is 11.5 Å². The number of fused-ring (bicyclic) bond motifs is 8. The maximum Gasteiger partial charge on any atom is 0.488 e. The normalized spacial score (nSPS) is 25.8. The molecular weight excluding hydrogens is 979 g/mol. The van der Waals surface area contributed by atoms with E-state index >= 15 is 0 Å². The Bertz CT molecular complexity index is 2550. The Morgan fingerprint density at radius 3 is 1.59 bits per heavy atom. The van der Waals surface area contributed by atoms with E-state index in [-0.39, 0.29) is 30.0 Å². The second-order valence-electron chi connectivity index (χ2n) is 22.5. The summed E-state index contributed by atoms with van der Waals surface area (Å²) in [6.07, 6.45) is 13.6. The molecule has 410 valence electrons. The Morgan fingerprint density at radius 1 is 0.605 bits per heavy atom. The van der Waals surface area contributed by atoms with E-state index in [9.17, 15) is 9.59 Å². The first-order valence-electron chi connectivity index (χ1n) is 28.2. The van der Waals surface area contributed by atoms with E-state index in [2.05, 4.69) is 96.5 Å². The lowest BCUT2D eigenvalue weighted by Gasteiger charge is -2.52. The van der Waals surface area contributed by atoms with Crippen LogP contribution in [0.2, 0.25) is 0 Å². The van der Waals surface area contributed by atoms with Gasteiger partial charge >= 0.3 is 19.3 Å². The SMILES string of the molecule is CCOC(=O)N1C2CCC1CC(N1CCC3(CC1)CN(c1cccc(OC)c1)Cc1ccccc13)C2.CCOC(=O)N1C2CCC1CC(N1CCC3(CC1)CNCc1ccccc13)C2.COc1cccc(B(O)O)c1.Cl. The van der Waals surface area contributed by atoms with Gasteiger partial charge in [-0.2, -0.15) is 0 Å². The molecular formula is C60H82BClN6O8. The summed E-state index contributed by atoms with van der Waals surface area (Å²) >= 11 is 0. The van der Waals surface area contributed by atoms with Gasteiger partial charge in [-0.1, -0.05) is 66.7 Å². The fourth-order valence-electron chi connectivity index (χ4n) is 14.8. The number of carbonyl (C=O) groups excluding carboxylic acids is 2. The molecule has 4 aromatic rings. The number of rotatable bonds is 8. The lowest BCUT2D eigenvalue weighted by Crippen LogP contribution is -2.57. The first kappa shape index (κ1) is 55.7. The molecule has 2 amide bonds. The Hall–Kier alpha value is -5.03. The molecule has 0 aromatic heterocycles. The van der Waals surface area contributed by atoms with Crippen molar-refractivity contribution in [1.29, 1.82) is 0 Å². The number of ether oxygens (including phenoxy) is 4. The zero-order valence-electron chi connectivity index (χ0n) is 45.3. The number of methoxy groups -OCH3 is 2. The second-order valence-corrected chi connectivity index (χ2v) is 22.5. The van der Waals surface area contributed by atoms with Gasteiger partial charge in [0, 0.05) is 85.0 Å². The molecule has 3 N–H and O–H groups in total. The van der Waals surface area contributed by atoms with Crippen LogP contribution in [0.3, 0.4) is 0 Å². The number of piperidine rings is 4. The van der Waals surface area contributed by atoms with Crippen LogP contribution in [-0.4, -0.2) is 152 Å². The van der Waals surface area contributed by atoms with Gasteiger partial charge in [0.2, 0.25) is 0 Å². The van der Waals surface area contributed by atoms with Gasteiger partial charge in [0.25, 0.3) is 0 Å². The predicted octanol–water partition coefficient (Wildman–Crippen LogP) is 8.27. The Labute approximate surface area is 457 Å². The van der Waals surface area contributed by atoms with E-state index in [1.165, 1.54) is 62.7 Å². The molecule has 0 aliphatic carbocycles. The summed E-state index contributed by atoms with van der Waals surface area (Å²) < 4.78 is 21.1. The van der Waals surface area contributed by atoms with Crippen molar-refractivity contribution in [1.82, 2.24) is 24.9 Å². The zero-order valence-corrected chi connectivity index (χ0v) is 46.1. The molecule has 4 atom stereocenters. The first-order chi connectivity index (χ1) is 36.5. The highest BCUT2D eigenvalue weighted by Gasteiger charge is 2.50. The number of anilines is 1. The molecule has 0 saturated carbocycles. The number of amides is 2. The molecule has 4 bridgehead atoms. The van der Waals surface area contributed by atoms with E-state index in [0.29, 0.717) is 66.1 Å². The number of likely N-dealkylation sites (tertiary alicyclic amines) is 2. The maximum atomic E-state index is 12.5. The minimum atomic E-state index is -1.43. The molecule has 6 fully saturated rings. The van der Waals surface area contributed by atoms with Gasteiger partial charge in [0.05, 0.1) is 27.4 Å². The molecule has 4 unspecified atom stereocenters. The van der Waals surface area contributed by atoms with E-state index in [1.807, 2.05) is 19.9 Å². The monoisotopic (exact) mass is 1060 g/mol. The van der Waals surface area contributed by atoms with Gasteiger partial charge in [0.1, 0.15) is 11.5 Å². The average molecular weight is 1060 g/mol. The minimum absolute atomic E-state index is 0. The number of hydrogen-bond donors (Lipinski definition) is 3. The van der Waals surface area contributed by atoms with Crippen LogP contribution in [0, 0.1) is 0 Å². The van der Waals surface area contributed by atoms with Crippen LogP contribution < -0.4 is 25.2 Å². The summed E-state index contributed by atoms with van der Waals surface area (Å²) in [5.41, 5.74) is 8.27. The fourth-order valence-corrected chi connectivity index (χ4v) is 14.8. The largest absolute Gasteiger partial charge is 0.497 e. The van der Waals surface area contributed by atoms with Crippen molar-refractivity contribution in [2.24, 2.45) is 0 Å². The summed E-state index contributed by atoms with van der Waals surface area (Å²) in [5.74, 6) is 1.54. The number of carbonyl (C=O) groups is 2. The van der Waals surface area contributed by atoms with Crippen LogP contribution in [-0.2, 0) is 33.4 Å². The molecule has 14 nitrogen and oxygen atoms in total. The molecule has 16 heteroatoms. The first-order valence-corrected chi connectivity index (χ1v) is 28.2. The van der Waals surface area contributed by atoms with Gasteiger partial charge in [-0.3, -0.25) is 0 Å². The van der Waals surface area contributed by atoms with E-state index in [0.717, 1.165) is 96.4 Å². The number of halogens is 1. The van der Waals surface area contributed by atoms with Gasteiger partial charge < -0.3 is 58.8 Å². The maximum absolute atomic E-state index is 12.5. The van der Waals surface area contributed by atoms with E-state index < -0.39 is 7.12 Å². The van der Waals surface area contributed by atoms with Crippen LogP contribution in [0.1, 0.15) is 113 Å². The van der Waals surface area contributed by atoms with Crippen molar-refractivity contribution < 1.29 is 38.6 Å². The summed E-state index contributed by atoms with van der Waals surface area (Å²) in [7, 11) is 1.85. The van der Waals surface area contributed by atoms with Crippen LogP contribution in [0.4, 0.5) is 15.3 Å². The minimum Gasteiger partial charge on any atom is -0.497 e. The van der Waals surface area contributed by atoms with Gasteiger partial charge in [-0.05, 0) is 169 Å². The van der Waals surface area contributed by atoms with Crippen molar-refractivity contribution in [3.05, 3.63) is 119 Å². The lowest BCUT2D eigenvalue weighted by molar-refractivity contribution is 0.0259. The Kier molecular flexibility index (Phi) is 18.1. The Balaban J connectivity index is 0.000000156.